The monoisotopic (exact) mass is 221 g/mol. The standard InChI is InChI=1S/C12H15NOS/c14-12(13-8-9-15-10-13)7-6-11-4-2-1-3-5-11/h1-5H,6-10H2. The van der Waals surface area contributed by atoms with E-state index in [0.717, 1.165) is 24.6 Å². The van der Waals surface area contributed by atoms with Crippen LogP contribution in [0, 0.1) is 0 Å². The average Bonchev–Trinajstić information content (AvgIpc) is 2.81. The van der Waals surface area contributed by atoms with E-state index < -0.39 is 0 Å². The molecule has 1 aliphatic heterocycles. The highest BCUT2D eigenvalue weighted by Crippen LogP contribution is 2.15. The van der Waals surface area contributed by atoms with Gasteiger partial charge >= 0.3 is 0 Å². The van der Waals surface area contributed by atoms with Gasteiger partial charge in [0.05, 0.1) is 5.88 Å². The van der Waals surface area contributed by atoms with Crippen molar-refractivity contribution in [2.45, 2.75) is 12.8 Å². The van der Waals surface area contributed by atoms with Gasteiger partial charge in [0.2, 0.25) is 5.91 Å². The van der Waals surface area contributed by atoms with Gasteiger partial charge in [-0.1, -0.05) is 30.3 Å². The first-order valence-corrected chi connectivity index (χ1v) is 6.41. The summed E-state index contributed by atoms with van der Waals surface area (Å²) >= 11 is 1.84. The van der Waals surface area contributed by atoms with Crippen LogP contribution in [0.3, 0.4) is 0 Å². The van der Waals surface area contributed by atoms with Gasteiger partial charge in [-0.25, -0.2) is 0 Å². The zero-order chi connectivity index (χ0) is 10.5. The molecule has 0 saturated carbocycles. The molecule has 0 radical (unpaired) electrons. The average molecular weight is 221 g/mol. The maximum absolute atomic E-state index is 11.7. The second-order valence-electron chi connectivity index (χ2n) is 3.68. The fourth-order valence-corrected chi connectivity index (χ4v) is 2.64. The Kier molecular flexibility index (Phi) is 3.67. The molecule has 1 aromatic rings. The molecule has 1 aliphatic rings. The van der Waals surface area contributed by atoms with Crippen LogP contribution in [-0.4, -0.2) is 29.0 Å². The van der Waals surface area contributed by atoms with E-state index in [2.05, 4.69) is 12.1 Å². The SMILES string of the molecule is O=C(CCc1ccccc1)N1CCSC1. The molecule has 2 rings (SSSR count). The fraction of sp³-hybridized carbons (Fsp3) is 0.417. The van der Waals surface area contributed by atoms with Crippen LogP contribution < -0.4 is 0 Å². The van der Waals surface area contributed by atoms with E-state index in [4.69, 9.17) is 0 Å². The second-order valence-corrected chi connectivity index (χ2v) is 4.75. The Morgan fingerprint density at radius 3 is 2.80 bits per heavy atom. The number of rotatable bonds is 3. The molecule has 0 N–H and O–H groups in total. The number of carbonyl (C=O) groups is 1. The molecule has 0 aromatic heterocycles. The van der Waals surface area contributed by atoms with Crippen molar-refractivity contribution in [1.29, 1.82) is 0 Å². The molecule has 1 aromatic carbocycles. The van der Waals surface area contributed by atoms with Gasteiger partial charge in [-0.3, -0.25) is 4.79 Å². The molecule has 0 spiro atoms. The number of hydrogen-bond acceptors (Lipinski definition) is 2. The molecule has 15 heavy (non-hydrogen) atoms. The lowest BCUT2D eigenvalue weighted by atomic mass is 10.1. The number of benzene rings is 1. The predicted octanol–water partition coefficient (Wildman–Crippen LogP) is 2.15. The first kappa shape index (κ1) is 10.6. The molecule has 0 aliphatic carbocycles. The van der Waals surface area contributed by atoms with Gasteiger partial charge in [0, 0.05) is 18.7 Å². The summed E-state index contributed by atoms with van der Waals surface area (Å²) < 4.78 is 0. The summed E-state index contributed by atoms with van der Waals surface area (Å²) in [5.74, 6) is 2.27. The van der Waals surface area contributed by atoms with Crippen LogP contribution >= 0.6 is 11.8 Å². The third kappa shape index (κ3) is 2.99. The second kappa shape index (κ2) is 5.21. The number of nitrogens with zero attached hydrogens (tertiary/aromatic N) is 1. The summed E-state index contributed by atoms with van der Waals surface area (Å²) in [5.41, 5.74) is 1.25. The van der Waals surface area contributed by atoms with Gasteiger partial charge in [-0.05, 0) is 12.0 Å². The molecule has 0 atom stereocenters. The Morgan fingerprint density at radius 2 is 2.13 bits per heavy atom. The van der Waals surface area contributed by atoms with E-state index in [1.54, 1.807) is 0 Å². The molecular formula is C12H15NOS. The number of amides is 1. The van der Waals surface area contributed by atoms with Crippen LogP contribution in [0.5, 0.6) is 0 Å². The van der Waals surface area contributed by atoms with E-state index in [-0.39, 0.29) is 0 Å². The van der Waals surface area contributed by atoms with Crippen LogP contribution in [-0.2, 0) is 11.2 Å². The number of carbonyl (C=O) groups excluding carboxylic acids is 1. The zero-order valence-corrected chi connectivity index (χ0v) is 9.50. The lowest BCUT2D eigenvalue weighted by molar-refractivity contribution is -0.129. The number of aryl methyl sites for hydroxylation is 1. The first-order chi connectivity index (χ1) is 7.36. The minimum absolute atomic E-state index is 0.295. The van der Waals surface area contributed by atoms with Crippen LogP contribution in [0.15, 0.2) is 30.3 Å². The lowest BCUT2D eigenvalue weighted by Gasteiger charge is -2.13. The minimum atomic E-state index is 0.295. The van der Waals surface area contributed by atoms with Gasteiger partial charge < -0.3 is 4.90 Å². The first-order valence-electron chi connectivity index (χ1n) is 5.26. The Hall–Kier alpha value is -0.960. The summed E-state index contributed by atoms with van der Waals surface area (Å²) in [4.78, 5) is 13.7. The largest absolute Gasteiger partial charge is 0.333 e. The van der Waals surface area contributed by atoms with Gasteiger partial charge in [-0.2, -0.15) is 0 Å². The summed E-state index contributed by atoms with van der Waals surface area (Å²) in [6.07, 6.45) is 1.51. The molecule has 1 saturated heterocycles. The van der Waals surface area contributed by atoms with E-state index in [0.29, 0.717) is 12.3 Å². The molecule has 0 unspecified atom stereocenters. The van der Waals surface area contributed by atoms with Crippen molar-refractivity contribution >= 4 is 17.7 Å². The van der Waals surface area contributed by atoms with E-state index in [1.807, 2.05) is 34.9 Å². The number of thioether (sulfide) groups is 1. The van der Waals surface area contributed by atoms with Gasteiger partial charge in [0.15, 0.2) is 0 Å². The quantitative estimate of drug-likeness (QED) is 0.779. The number of hydrogen-bond donors (Lipinski definition) is 0. The summed E-state index contributed by atoms with van der Waals surface area (Å²) in [7, 11) is 0. The molecule has 1 fully saturated rings. The Morgan fingerprint density at radius 1 is 1.33 bits per heavy atom. The van der Waals surface area contributed by atoms with E-state index in [9.17, 15) is 4.79 Å². The van der Waals surface area contributed by atoms with Crippen LogP contribution in [0.25, 0.3) is 0 Å². The highest BCUT2D eigenvalue weighted by Gasteiger charge is 2.17. The highest BCUT2D eigenvalue weighted by molar-refractivity contribution is 7.99. The van der Waals surface area contributed by atoms with Crippen molar-refractivity contribution < 1.29 is 4.79 Å². The maximum Gasteiger partial charge on any atom is 0.223 e. The normalized spacial score (nSPS) is 15.6. The molecule has 1 amide bonds. The van der Waals surface area contributed by atoms with Crippen LogP contribution in [0.4, 0.5) is 0 Å². The van der Waals surface area contributed by atoms with Crippen molar-refractivity contribution in [3.05, 3.63) is 35.9 Å². The van der Waals surface area contributed by atoms with E-state index in [1.165, 1.54) is 5.56 Å². The third-order valence-corrected chi connectivity index (χ3v) is 3.54. The van der Waals surface area contributed by atoms with E-state index >= 15 is 0 Å². The minimum Gasteiger partial charge on any atom is -0.333 e. The van der Waals surface area contributed by atoms with Gasteiger partial charge in [0.25, 0.3) is 0 Å². The summed E-state index contributed by atoms with van der Waals surface area (Å²) in [6.45, 7) is 0.929. The Bertz CT molecular complexity index is 320. The Balaban J connectivity index is 1.80. The van der Waals surface area contributed by atoms with Crippen molar-refractivity contribution in [3.63, 3.8) is 0 Å². The van der Waals surface area contributed by atoms with Gasteiger partial charge in [0.1, 0.15) is 0 Å². The fourth-order valence-electron chi connectivity index (χ4n) is 1.66. The van der Waals surface area contributed by atoms with Crippen LogP contribution in [0.2, 0.25) is 0 Å². The molecule has 80 valence electrons. The smallest absolute Gasteiger partial charge is 0.223 e. The van der Waals surface area contributed by atoms with Crippen LogP contribution in [0.1, 0.15) is 12.0 Å². The topological polar surface area (TPSA) is 20.3 Å². The molecular weight excluding hydrogens is 206 g/mol. The van der Waals surface area contributed by atoms with Gasteiger partial charge in [-0.15, -0.1) is 11.8 Å². The van der Waals surface area contributed by atoms with Crippen molar-refractivity contribution in [3.8, 4) is 0 Å². The summed E-state index contributed by atoms with van der Waals surface area (Å²) in [6, 6.07) is 10.2. The Labute approximate surface area is 94.7 Å². The molecule has 2 nitrogen and oxygen atoms in total. The zero-order valence-electron chi connectivity index (χ0n) is 8.69. The van der Waals surface area contributed by atoms with Crippen molar-refractivity contribution in [2.24, 2.45) is 0 Å². The lowest BCUT2D eigenvalue weighted by Crippen LogP contribution is -2.27. The molecule has 3 heteroatoms. The van der Waals surface area contributed by atoms with Crippen molar-refractivity contribution in [1.82, 2.24) is 4.90 Å². The predicted molar refractivity (Wildman–Crippen MR) is 63.8 cm³/mol. The highest BCUT2D eigenvalue weighted by atomic mass is 32.2. The third-order valence-electron chi connectivity index (χ3n) is 2.58. The molecule has 1 heterocycles. The molecule has 0 bridgehead atoms. The summed E-state index contributed by atoms with van der Waals surface area (Å²) in [5, 5.41) is 0. The maximum atomic E-state index is 11.7. The van der Waals surface area contributed by atoms with Crippen molar-refractivity contribution in [2.75, 3.05) is 18.2 Å².